The summed E-state index contributed by atoms with van der Waals surface area (Å²) < 4.78 is 40.2. The molecule has 0 aliphatic carbocycles. The van der Waals surface area contributed by atoms with Crippen molar-refractivity contribution in [1.29, 1.82) is 0 Å². The van der Waals surface area contributed by atoms with Crippen LogP contribution in [0.5, 0.6) is 5.75 Å². The zero-order valence-electron chi connectivity index (χ0n) is 13.9. The number of hydrogen-bond donors (Lipinski definition) is 1. The molecule has 0 aliphatic heterocycles. The standard InChI is InChI=1S/C18H14F3N3O2S/c19-18(20,21)26-14-6-4-12(5-7-14)10-23-16(25)9-13-11-27-17(24-13)15-3-1-2-8-22-15/h1-8,11H,9-10H2,(H,23,25). The summed E-state index contributed by atoms with van der Waals surface area (Å²) in [5.74, 6) is -0.536. The summed E-state index contributed by atoms with van der Waals surface area (Å²) in [6.07, 6.45) is -2.94. The van der Waals surface area contributed by atoms with Gasteiger partial charge in [-0.3, -0.25) is 9.78 Å². The first-order valence-corrected chi connectivity index (χ1v) is 8.74. The van der Waals surface area contributed by atoms with Gasteiger partial charge in [0.1, 0.15) is 10.8 Å². The van der Waals surface area contributed by atoms with Crippen molar-refractivity contribution < 1.29 is 22.7 Å². The van der Waals surface area contributed by atoms with Gasteiger partial charge in [0.2, 0.25) is 5.91 Å². The third-order valence-corrected chi connectivity index (χ3v) is 4.34. The van der Waals surface area contributed by atoms with Gasteiger partial charge in [-0.05, 0) is 29.8 Å². The van der Waals surface area contributed by atoms with Crippen LogP contribution in [0.2, 0.25) is 0 Å². The molecule has 0 aliphatic rings. The molecular formula is C18H14F3N3O2S. The molecule has 0 unspecified atom stereocenters. The maximum absolute atomic E-state index is 12.1. The Kier molecular flexibility index (Phi) is 5.70. The van der Waals surface area contributed by atoms with E-state index in [1.807, 2.05) is 18.2 Å². The van der Waals surface area contributed by atoms with E-state index >= 15 is 0 Å². The number of nitrogens with one attached hydrogen (secondary N) is 1. The van der Waals surface area contributed by atoms with Crippen LogP contribution in [0.1, 0.15) is 11.3 Å². The van der Waals surface area contributed by atoms with Crippen molar-refractivity contribution in [3.63, 3.8) is 0 Å². The Morgan fingerprint density at radius 2 is 1.93 bits per heavy atom. The summed E-state index contributed by atoms with van der Waals surface area (Å²) in [5.41, 5.74) is 2.03. The molecule has 1 aromatic carbocycles. The van der Waals surface area contributed by atoms with E-state index in [4.69, 9.17) is 0 Å². The van der Waals surface area contributed by atoms with Gasteiger partial charge in [0.25, 0.3) is 0 Å². The Morgan fingerprint density at radius 1 is 1.15 bits per heavy atom. The highest BCUT2D eigenvalue weighted by atomic mass is 32.1. The lowest BCUT2D eigenvalue weighted by molar-refractivity contribution is -0.274. The number of ether oxygens (including phenoxy) is 1. The number of amides is 1. The SMILES string of the molecule is O=C(Cc1csc(-c2ccccn2)n1)NCc1ccc(OC(F)(F)F)cc1. The largest absolute Gasteiger partial charge is 0.573 e. The van der Waals surface area contributed by atoms with Gasteiger partial charge in [0, 0.05) is 18.1 Å². The van der Waals surface area contributed by atoms with E-state index < -0.39 is 6.36 Å². The fourth-order valence-corrected chi connectivity index (χ4v) is 3.03. The molecule has 2 heterocycles. The van der Waals surface area contributed by atoms with Gasteiger partial charge in [-0.1, -0.05) is 18.2 Å². The average molecular weight is 393 g/mol. The van der Waals surface area contributed by atoms with Crippen molar-refractivity contribution in [3.8, 4) is 16.5 Å². The number of rotatable bonds is 6. The zero-order valence-corrected chi connectivity index (χ0v) is 14.7. The van der Waals surface area contributed by atoms with Gasteiger partial charge in [0.05, 0.1) is 17.8 Å². The number of carbonyl (C=O) groups is 1. The Bertz CT molecular complexity index is 896. The average Bonchev–Trinajstić information content (AvgIpc) is 3.09. The van der Waals surface area contributed by atoms with Crippen LogP contribution in [0, 0.1) is 0 Å². The van der Waals surface area contributed by atoms with E-state index in [0.717, 1.165) is 10.7 Å². The lowest BCUT2D eigenvalue weighted by Crippen LogP contribution is -2.24. The van der Waals surface area contributed by atoms with Crippen molar-refractivity contribution in [2.24, 2.45) is 0 Å². The van der Waals surface area contributed by atoms with Crippen molar-refractivity contribution in [1.82, 2.24) is 15.3 Å². The molecule has 140 valence electrons. The normalized spacial score (nSPS) is 11.2. The number of aromatic nitrogens is 2. The monoisotopic (exact) mass is 393 g/mol. The molecule has 2 aromatic heterocycles. The third-order valence-electron chi connectivity index (χ3n) is 3.42. The highest BCUT2D eigenvalue weighted by molar-refractivity contribution is 7.13. The maximum Gasteiger partial charge on any atom is 0.573 e. The fourth-order valence-electron chi connectivity index (χ4n) is 2.23. The van der Waals surface area contributed by atoms with Crippen LogP contribution >= 0.6 is 11.3 Å². The van der Waals surface area contributed by atoms with Gasteiger partial charge in [-0.2, -0.15) is 0 Å². The van der Waals surface area contributed by atoms with E-state index in [0.29, 0.717) is 11.3 Å². The predicted octanol–water partition coefficient (Wildman–Crippen LogP) is 3.96. The number of halogens is 3. The summed E-state index contributed by atoms with van der Waals surface area (Å²) in [6, 6.07) is 10.8. The molecule has 9 heteroatoms. The van der Waals surface area contributed by atoms with Gasteiger partial charge in [0.15, 0.2) is 0 Å². The summed E-state index contributed by atoms with van der Waals surface area (Å²) in [4.78, 5) is 20.7. The predicted molar refractivity (Wildman–Crippen MR) is 94.0 cm³/mol. The number of alkyl halides is 3. The second kappa shape index (κ2) is 8.17. The van der Waals surface area contributed by atoms with Crippen LogP contribution in [0.15, 0.2) is 54.0 Å². The topological polar surface area (TPSA) is 64.1 Å². The molecule has 0 fully saturated rings. The number of hydrogen-bond acceptors (Lipinski definition) is 5. The zero-order chi connectivity index (χ0) is 19.3. The number of nitrogens with zero attached hydrogens (tertiary/aromatic N) is 2. The molecule has 0 saturated carbocycles. The Labute approximate surface area is 156 Å². The number of benzene rings is 1. The first kappa shape index (κ1) is 18.8. The molecule has 3 aromatic rings. The van der Waals surface area contributed by atoms with E-state index in [2.05, 4.69) is 20.0 Å². The summed E-state index contributed by atoms with van der Waals surface area (Å²) >= 11 is 1.41. The Morgan fingerprint density at radius 3 is 2.59 bits per heavy atom. The first-order valence-electron chi connectivity index (χ1n) is 7.86. The molecule has 1 amide bonds. The molecule has 1 N–H and O–H groups in total. The van der Waals surface area contributed by atoms with E-state index in [9.17, 15) is 18.0 Å². The molecule has 0 saturated heterocycles. The van der Waals surface area contributed by atoms with Crippen LogP contribution < -0.4 is 10.1 Å². The Hall–Kier alpha value is -2.94. The van der Waals surface area contributed by atoms with E-state index in [1.165, 1.54) is 35.6 Å². The van der Waals surface area contributed by atoms with Gasteiger partial charge in [-0.25, -0.2) is 4.98 Å². The third kappa shape index (κ3) is 5.78. The molecule has 3 rings (SSSR count). The Balaban J connectivity index is 1.51. The molecule has 0 bridgehead atoms. The van der Waals surface area contributed by atoms with Crippen molar-refractivity contribution in [2.45, 2.75) is 19.3 Å². The van der Waals surface area contributed by atoms with E-state index in [-0.39, 0.29) is 24.6 Å². The lowest BCUT2D eigenvalue weighted by Gasteiger charge is -2.09. The van der Waals surface area contributed by atoms with Crippen molar-refractivity contribution >= 4 is 17.2 Å². The molecule has 27 heavy (non-hydrogen) atoms. The fraction of sp³-hybridized carbons (Fsp3) is 0.167. The second-order valence-corrected chi connectivity index (χ2v) is 6.36. The van der Waals surface area contributed by atoms with Crippen molar-refractivity contribution in [2.75, 3.05) is 0 Å². The second-order valence-electron chi connectivity index (χ2n) is 5.50. The maximum atomic E-state index is 12.1. The highest BCUT2D eigenvalue weighted by Crippen LogP contribution is 2.23. The van der Waals surface area contributed by atoms with Gasteiger partial charge in [-0.15, -0.1) is 24.5 Å². The van der Waals surface area contributed by atoms with Gasteiger partial charge >= 0.3 is 6.36 Å². The summed E-state index contributed by atoms with van der Waals surface area (Å²) in [5, 5.41) is 5.24. The minimum absolute atomic E-state index is 0.110. The van der Waals surface area contributed by atoms with Gasteiger partial charge < -0.3 is 10.1 Å². The molecule has 5 nitrogen and oxygen atoms in total. The van der Waals surface area contributed by atoms with E-state index in [1.54, 1.807) is 11.6 Å². The minimum Gasteiger partial charge on any atom is -0.406 e. The first-order chi connectivity index (χ1) is 12.9. The quantitative estimate of drug-likeness (QED) is 0.689. The minimum atomic E-state index is -4.72. The van der Waals surface area contributed by atoms with Crippen LogP contribution in [-0.4, -0.2) is 22.2 Å². The summed E-state index contributed by atoms with van der Waals surface area (Å²) in [6.45, 7) is 0.197. The van der Waals surface area contributed by atoms with Crippen LogP contribution in [0.4, 0.5) is 13.2 Å². The number of pyridine rings is 1. The number of carbonyl (C=O) groups excluding carboxylic acids is 1. The lowest BCUT2D eigenvalue weighted by atomic mass is 10.2. The van der Waals surface area contributed by atoms with Crippen LogP contribution in [0.3, 0.4) is 0 Å². The highest BCUT2D eigenvalue weighted by Gasteiger charge is 2.30. The molecule has 0 atom stereocenters. The number of thiazole rings is 1. The molecule has 0 spiro atoms. The molecular weight excluding hydrogens is 379 g/mol. The van der Waals surface area contributed by atoms with Crippen molar-refractivity contribution in [3.05, 3.63) is 65.3 Å². The van der Waals surface area contributed by atoms with Crippen LogP contribution in [-0.2, 0) is 17.8 Å². The van der Waals surface area contributed by atoms with Crippen LogP contribution in [0.25, 0.3) is 10.7 Å². The molecule has 0 radical (unpaired) electrons. The smallest absolute Gasteiger partial charge is 0.406 e. The summed E-state index contributed by atoms with van der Waals surface area (Å²) in [7, 11) is 0.